The molecule has 0 amide bonds. The minimum absolute atomic E-state index is 0.922. The number of halogens is 1. The highest BCUT2D eigenvalue weighted by Gasteiger charge is 1.80. The van der Waals surface area contributed by atoms with Gasteiger partial charge in [-0.2, -0.15) is 0 Å². The predicted molar refractivity (Wildman–Crippen MR) is 53.6 cm³/mol. The van der Waals surface area contributed by atoms with E-state index in [1.165, 1.54) is 0 Å². The van der Waals surface area contributed by atoms with E-state index in [1.54, 1.807) is 11.8 Å². The zero-order valence-corrected chi connectivity index (χ0v) is 8.63. The summed E-state index contributed by atoms with van der Waals surface area (Å²) >= 11 is 5.07. The van der Waals surface area contributed by atoms with Crippen LogP contribution in [0.25, 0.3) is 0 Å². The largest absolute Gasteiger partial charge is 0.316 e. The van der Waals surface area contributed by atoms with Gasteiger partial charge in [0.25, 0.3) is 0 Å². The van der Waals surface area contributed by atoms with Gasteiger partial charge in [-0.15, -0.1) is 11.8 Å². The Morgan fingerprint density at radius 2 is 2.40 bits per heavy atom. The van der Waals surface area contributed by atoms with Crippen LogP contribution in [0.2, 0.25) is 0 Å². The van der Waals surface area contributed by atoms with Gasteiger partial charge in [0.05, 0.1) is 0 Å². The van der Waals surface area contributed by atoms with Crippen LogP contribution in [0.4, 0.5) is 0 Å². The van der Waals surface area contributed by atoms with Gasteiger partial charge in [0.15, 0.2) is 0 Å². The molecule has 0 saturated heterocycles. The summed E-state index contributed by atoms with van der Waals surface area (Å²) in [5.74, 6) is 0. The highest BCUT2D eigenvalue weighted by atomic mass is 79.9. The van der Waals surface area contributed by atoms with E-state index >= 15 is 0 Å². The number of hydrogen-bond donors (Lipinski definition) is 1. The summed E-state index contributed by atoms with van der Waals surface area (Å²) in [4.78, 5) is 0. The Labute approximate surface area is 75.1 Å². The lowest BCUT2D eigenvalue weighted by Crippen LogP contribution is -2.03. The Morgan fingerprint density at radius 1 is 1.70 bits per heavy atom. The highest BCUT2D eigenvalue weighted by Crippen LogP contribution is 2.17. The van der Waals surface area contributed by atoms with Gasteiger partial charge >= 0.3 is 0 Å². The second kappa shape index (κ2) is 7.38. The zero-order valence-electron chi connectivity index (χ0n) is 6.23. The highest BCUT2D eigenvalue weighted by molar-refractivity contribution is 9.14. The van der Waals surface area contributed by atoms with Gasteiger partial charge in [0, 0.05) is 10.4 Å². The minimum atomic E-state index is 0.922. The van der Waals surface area contributed by atoms with E-state index in [9.17, 15) is 0 Å². The van der Waals surface area contributed by atoms with Crippen LogP contribution in [0.1, 0.15) is 0 Å². The molecule has 58 valence electrons. The zero-order chi connectivity index (χ0) is 7.82. The number of rotatable bonds is 4. The lowest BCUT2D eigenvalue weighted by atomic mass is 10.5. The summed E-state index contributed by atoms with van der Waals surface area (Å²) in [6.07, 6.45) is 8.16. The molecule has 0 unspecified atom stereocenters. The third kappa shape index (κ3) is 6.39. The van der Waals surface area contributed by atoms with E-state index in [2.05, 4.69) is 27.3 Å². The number of thioether (sulfide) groups is 1. The lowest BCUT2D eigenvalue weighted by Gasteiger charge is -1.87. The lowest BCUT2D eigenvalue weighted by molar-refractivity contribution is 0.920. The van der Waals surface area contributed by atoms with E-state index in [0.29, 0.717) is 0 Å². The van der Waals surface area contributed by atoms with Gasteiger partial charge in [-0.05, 0) is 35.3 Å². The molecular weight excluding hydrogens is 210 g/mol. The second-order valence-corrected chi connectivity index (χ2v) is 3.89. The average molecular weight is 222 g/mol. The van der Waals surface area contributed by atoms with Crippen molar-refractivity contribution in [3.63, 3.8) is 0 Å². The maximum absolute atomic E-state index is 3.38. The van der Waals surface area contributed by atoms with Crippen molar-refractivity contribution in [2.75, 3.05) is 19.8 Å². The SMILES string of the molecule is CNCC=CC=C(Br)SC. The molecule has 3 heteroatoms. The summed E-state index contributed by atoms with van der Waals surface area (Å²) in [5.41, 5.74) is 0. The van der Waals surface area contributed by atoms with Crippen LogP contribution in [0.15, 0.2) is 22.0 Å². The molecule has 0 aromatic carbocycles. The van der Waals surface area contributed by atoms with Crippen LogP contribution in [0.5, 0.6) is 0 Å². The van der Waals surface area contributed by atoms with Gasteiger partial charge in [0.1, 0.15) is 0 Å². The summed E-state index contributed by atoms with van der Waals surface area (Å²) in [6, 6.07) is 0. The number of allylic oxidation sites excluding steroid dienone is 2. The topological polar surface area (TPSA) is 12.0 Å². The molecule has 0 aromatic heterocycles. The molecular formula is C7H12BrNS. The summed E-state index contributed by atoms with van der Waals surface area (Å²) in [6.45, 7) is 0.922. The van der Waals surface area contributed by atoms with E-state index in [0.717, 1.165) is 10.4 Å². The molecule has 1 nitrogen and oxygen atoms in total. The molecule has 0 aliphatic carbocycles. The summed E-state index contributed by atoms with van der Waals surface area (Å²) in [7, 11) is 1.93. The van der Waals surface area contributed by atoms with Crippen molar-refractivity contribution in [3.05, 3.63) is 22.0 Å². The number of nitrogens with one attached hydrogen (secondary N) is 1. The van der Waals surface area contributed by atoms with Crippen LogP contribution in [0.3, 0.4) is 0 Å². The van der Waals surface area contributed by atoms with Crippen molar-refractivity contribution >= 4 is 27.7 Å². The summed E-state index contributed by atoms with van der Waals surface area (Å²) in [5, 5.41) is 3.02. The normalized spacial score (nSPS) is 12.9. The third-order valence-corrected chi connectivity index (χ3v) is 2.64. The quantitative estimate of drug-likeness (QED) is 0.733. The fraction of sp³-hybridized carbons (Fsp3) is 0.429. The maximum atomic E-state index is 3.38. The molecule has 0 spiro atoms. The Kier molecular flexibility index (Phi) is 7.58. The first kappa shape index (κ1) is 10.3. The smallest absolute Gasteiger partial charge is 0.0500 e. The van der Waals surface area contributed by atoms with E-state index < -0.39 is 0 Å². The van der Waals surface area contributed by atoms with E-state index in [4.69, 9.17) is 0 Å². The molecule has 0 saturated carbocycles. The van der Waals surface area contributed by atoms with Gasteiger partial charge < -0.3 is 5.32 Å². The Bertz CT molecular complexity index is 132. The fourth-order valence-electron chi connectivity index (χ4n) is 0.398. The van der Waals surface area contributed by atoms with Gasteiger partial charge in [-0.3, -0.25) is 0 Å². The van der Waals surface area contributed by atoms with Crippen LogP contribution >= 0.6 is 27.7 Å². The third-order valence-electron chi connectivity index (χ3n) is 0.880. The second-order valence-electron chi connectivity index (χ2n) is 1.66. The predicted octanol–water partition coefficient (Wildman–Crippen LogP) is 2.36. The van der Waals surface area contributed by atoms with Crippen LogP contribution in [-0.4, -0.2) is 19.8 Å². The molecule has 0 aliphatic heterocycles. The first-order valence-electron chi connectivity index (χ1n) is 3.02. The Balaban J connectivity index is 3.49. The fourth-order valence-corrected chi connectivity index (χ4v) is 0.765. The van der Waals surface area contributed by atoms with Crippen LogP contribution < -0.4 is 5.32 Å². The average Bonchev–Trinajstić information content (AvgIpc) is 1.98. The molecule has 0 bridgehead atoms. The monoisotopic (exact) mass is 221 g/mol. The molecule has 0 aromatic rings. The molecule has 0 heterocycles. The molecule has 10 heavy (non-hydrogen) atoms. The van der Waals surface area contributed by atoms with Gasteiger partial charge in [0.2, 0.25) is 0 Å². The van der Waals surface area contributed by atoms with Crippen molar-refractivity contribution in [2.24, 2.45) is 0 Å². The molecule has 1 N–H and O–H groups in total. The molecule has 0 radical (unpaired) electrons. The standard InChI is InChI=1S/C7H12BrNS/c1-9-6-4-3-5-7(8)10-2/h3-5,9H,6H2,1-2H3. The van der Waals surface area contributed by atoms with Crippen molar-refractivity contribution in [2.45, 2.75) is 0 Å². The molecule has 0 atom stereocenters. The van der Waals surface area contributed by atoms with Crippen molar-refractivity contribution in [1.82, 2.24) is 5.32 Å². The first-order chi connectivity index (χ1) is 4.81. The number of likely N-dealkylation sites (N-methyl/N-ethyl adjacent to an activating group) is 1. The Morgan fingerprint density at radius 3 is 2.90 bits per heavy atom. The summed E-state index contributed by atoms with van der Waals surface area (Å²) < 4.78 is 1.15. The minimum Gasteiger partial charge on any atom is -0.316 e. The van der Waals surface area contributed by atoms with E-state index in [1.807, 2.05) is 25.5 Å². The van der Waals surface area contributed by atoms with E-state index in [-0.39, 0.29) is 0 Å². The van der Waals surface area contributed by atoms with Crippen molar-refractivity contribution < 1.29 is 0 Å². The van der Waals surface area contributed by atoms with Gasteiger partial charge in [-0.1, -0.05) is 12.2 Å². The Hall–Kier alpha value is 0.270. The molecule has 0 fully saturated rings. The van der Waals surface area contributed by atoms with Crippen molar-refractivity contribution in [1.29, 1.82) is 0 Å². The molecule has 0 aliphatic rings. The first-order valence-corrected chi connectivity index (χ1v) is 5.04. The van der Waals surface area contributed by atoms with Crippen LogP contribution in [0, 0.1) is 0 Å². The number of hydrogen-bond acceptors (Lipinski definition) is 2. The van der Waals surface area contributed by atoms with Crippen LogP contribution in [-0.2, 0) is 0 Å². The van der Waals surface area contributed by atoms with Gasteiger partial charge in [-0.25, -0.2) is 0 Å². The molecule has 0 rings (SSSR count). The van der Waals surface area contributed by atoms with Crippen molar-refractivity contribution in [3.8, 4) is 0 Å². The maximum Gasteiger partial charge on any atom is 0.0500 e.